The minimum atomic E-state index is -0.445. The molecule has 2 N–H and O–H groups in total. The van der Waals surface area contributed by atoms with Crippen LogP contribution in [0, 0.1) is 10.1 Å². The quantitative estimate of drug-likeness (QED) is 0.398. The van der Waals surface area contributed by atoms with Gasteiger partial charge in [0.05, 0.1) is 11.0 Å². The van der Waals surface area contributed by atoms with Crippen molar-refractivity contribution in [3.8, 4) is 0 Å². The lowest BCUT2D eigenvalue weighted by atomic mass is 9.98. The van der Waals surface area contributed by atoms with E-state index in [-0.39, 0.29) is 11.6 Å². The molecule has 0 bridgehead atoms. The number of ether oxygens (including phenoxy) is 1. The van der Waals surface area contributed by atoms with Crippen LogP contribution in [0.2, 0.25) is 0 Å². The Labute approximate surface area is 153 Å². The van der Waals surface area contributed by atoms with E-state index in [0.29, 0.717) is 36.5 Å². The highest BCUT2D eigenvalue weighted by Crippen LogP contribution is 2.31. The molecule has 0 heterocycles. The zero-order chi connectivity index (χ0) is 18.4. The average molecular weight is 361 g/mol. The van der Waals surface area contributed by atoms with Gasteiger partial charge in [0.15, 0.2) is 0 Å². The number of amides is 1. The Morgan fingerprint density at radius 3 is 2.65 bits per heavy atom. The molecule has 2 aliphatic rings. The fourth-order valence-corrected chi connectivity index (χ4v) is 3.25. The summed E-state index contributed by atoms with van der Waals surface area (Å²) in [5.41, 5.74) is 0.742. The van der Waals surface area contributed by atoms with Crippen LogP contribution in [0.15, 0.2) is 18.2 Å². The highest BCUT2D eigenvalue weighted by molar-refractivity contribution is 5.95. The lowest BCUT2D eigenvalue weighted by molar-refractivity contribution is -0.384. The molecule has 7 heteroatoms. The normalized spacial score (nSPS) is 17.7. The number of hydrogen-bond acceptors (Lipinski definition) is 5. The fraction of sp³-hybridized carbons (Fsp3) is 0.632. The summed E-state index contributed by atoms with van der Waals surface area (Å²) in [7, 11) is 0. The van der Waals surface area contributed by atoms with E-state index in [1.54, 1.807) is 12.1 Å². The molecule has 0 spiro atoms. The van der Waals surface area contributed by atoms with Crippen molar-refractivity contribution in [2.45, 2.75) is 63.5 Å². The molecule has 7 nitrogen and oxygen atoms in total. The number of nitro groups is 1. The van der Waals surface area contributed by atoms with Crippen molar-refractivity contribution in [3.63, 3.8) is 0 Å². The summed E-state index contributed by atoms with van der Waals surface area (Å²) < 4.78 is 5.83. The van der Waals surface area contributed by atoms with Crippen molar-refractivity contribution in [1.29, 1.82) is 0 Å². The van der Waals surface area contributed by atoms with Gasteiger partial charge in [0.25, 0.3) is 11.6 Å². The van der Waals surface area contributed by atoms with E-state index < -0.39 is 4.92 Å². The lowest BCUT2D eigenvalue weighted by Gasteiger charge is -2.21. The third kappa shape index (κ3) is 5.42. The maximum absolute atomic E-state index is 12.2. The summed E-state index contributed by atoms with van der Waals surface area (Å²) in [6.45, 7) is 1.14. The van der Waals surface area contributed by atoms with Crippen molar-refractivity contribution in [2.75, 3.05) is 18.5 Å². The number of rotatable bonds is 9. The predicted molar refractivity (Wildman–Crippen MR) is 99.5 cm³/mol. The van der Waals surface area contributed by atoms with Crippen LogP contribution in [0.25, 0.3) is 0 Å². The van der Waals surface area contributed by atoms with Crippen LogP contribution in [0.5, 0.6) is 0 Å². The van der Waals surface area contributed by atoms with Crippen molar-refractivity contribution in [2.24, 2.45) is 0 Å². The lowest BCUT2D eigenvalue weighted by Crippen LogP contribution is -2.26. The van der Waals surface area contributed by atoms with E-state index in [1.807, 2.05) is 0 Å². The molecule has 142 valence electrons. The van der Waals surface area contributed by atoms with Gasteiger partial charge in [-0.2, -0.15) is 0 Å². The molecule has 0 aromatic heterocycles. The third-order valence-electron chi connectivity index (χ3n) is 4.91. The SMILES string of the molecule is O=C(NCCCOC1CCCCC1)c1ccc(NC2CC2)c([N+](=O)[O-])c1. The van der Waals surface area contributed by atoms with Crippen LogP contribution in [0.1, 0.15) is 61.7 Å². The van der Waals surface area contributed by atoms with E-state index in [4.69, 9.17) is 4.74 Å². The number of nitrogens with zero attached hydrogens (tertiary/aromatic N) is 1. The summed E-state index contributed by atoms with van der Waals surface area (Å²) in [4.78, 5) is 23.1. The number of nitrogens with one attached hydrogen (secondary N) is 2. The monoisotopic (exact) mass is 361 g/mol. The molecule has 2 saturated carbocycles. The molecule has 0 atom stereocenters. The van der Waals surface area contributed by atoms with E-state index >= 15 is 0 Å². The zero-order valence-corrected chi connectivity index (χ0v) is 15.0. The average Bonchev–Trinajstić information content (AvgIpc) is 3.46. The Balaban J connectivity index is 1.44. The van der Waals surface area contributed by atoms with Gasteiger partial charge in [-0.25, -0.2) is 0 Å². The summed E-state index contributed by atoms with van der Waals surface area (Å²) in [6.07, 6.45) is 9.23. The molecular weight excluding hydrogens is 334 g/mol. The van der Waals surface area contributed by atoms with Crippen LogP contribution in [0.4, 0.5) is 11.4 Å². The van der Waals surface area contributed by atoms with Crippen LogP contribution >= 0.6 is 0 Å². The predicted octanol–water partition coefficient (Wildman–Crippen LogP) is 3.64. The van der Waals surface area contributed by atoms with Crippen LogP contribution in [0.3, 0.4) is 0 Å². The smallest absolute Gasteiger partial charge is 0.293 e. The summed E-state index contributed by atoms with van der Waals surface area (Å²) in [5.74, 6) is -0.288. The van der Waals surface area contributed by atoms with Crippen LogP contribution in [-0.2, 0) is 4.74 Å². The number of anilines is 1. The highest BCUT2D eigenvalue weighted by Gasteiger charge is 2.25. The standard InChI is InChI=1S/C19H27N3O4/c23-19(20-11-4-12-26-16-5-2-1-3-6-16)14-7-10-17(21-15-8-9-15)18(13-14)22(24)25/h7,10,13,15-16,21H,1-6,8-9,11-12H2,(H,20,23). The molecule has 0 radical (unpaired) electrons. The first kappa shape index (κ1) is 18.6. The van der Waals surface area contributed by atoms with E-state index in [2.05, 4.69) is 10.6 Å². The fourth-order valence-electron chi connectivity index (χ4n) is 3.25. The minimum Gasteiger partial charge on any atom is -0.378 e. The molecule has 0 unspecified atom stereocenters. The zero-order valence-electron chi connectivity index (χ0n) is 15.0. The van der Waals surface area contributed by atoms with Gasteiger partial charge >= 0.3 is 0 Å². The van der Waals surface area contributed by atoms with E-state index in [0.717, 1.165) is 32.1 Å². The molecule has 3 rings (SSSR count). The van der Waals surface area contributed by atoms with Crippen molar-refractivity contribution in [1.82, 2.24) is 5.32 Å². The second kappa shape index (κ2) is 8.98. The first-order valence-electron chi connectivity index (χ1n) is 9.58. The van der Waals surface area contributed by atoms with Gasteiger partial charge in [0.1, 0.15) is 5.69 Å². The van der Waals surface area contributed by atoms with Crippen molar-refractivity contribution < 1.29 is 14.5 Å². The van der Waals surface area contributed by atoms with Gasteiger partial charge in [-0.1, -0.05) is 19.3 Å². The molecule has 1 aromatic carbocycles. The molecule has 26 heavy (non-hydrogen) atoms. The summed E-state index contributed by atoms with van der Waals surface area (Å²) in [6, 6.07) is 4.92. The number of hydrogen-bond donors (Lipinski definition) is 2. The van der Waals surface area contributed by atoms with Gasteiger partial charge in [0, 0.05) is 30.8 Å². The van der Waals surface area contributed by atoms with Gasteiger partial charge in [0.2, 0.25) is 0 Å². The number of carbonyl (C=O) groups is 1. The molecule has 1 amide bonds. The topological polar surface area (TPSA) is 93.5 Å². The van der Waals surface area contributed by atoms with Crippen molar-refractivity contribution >= 4 is 17.3 Å². The van der Waals surface area contributed by atoms with Crippen LogP contribution < -0.4 is 10.6 Å². The largest absolute Gasteiger partial charge is 0.378 e. The van der Waals surface area contributed by atoms with Gasteiger partial charge < -0.3 is 15.4 Å². The Hall–Kier alpha value is -2.15. The second-order valence-corrected chi connectivity index (χ2v) is 7.15. The Morgan fingerprint density at radius 2 is 1.96 bits per heavy atom. The first-order chi connectivity index (χ1) is 12.6. The van der Waals surface area contributed by atoms with Crippen molar-refractivity contribution in [3.05, 3.63) is 33.9 Å². The molecule has 2 fully saturated rings. The van der Waals surface area contributed by atoms with Gasteiger partial charge in [-0.15, -0.1) is 0 Å². The Kier molecular flexibility index (Phi) is 6.44. The number of benzene rings is 1. The van der Waals surface area contributed by atoms with E-state index in [1.165, 1.54) is 25.3 Å². The first-order valence-corrected chi connectivity index (χ1v) is 9.58. The summed E-state index contributed by atoms with van der Waals surface area (Å²) >= 11 is 0. The Bertz CT molecular complexity index is 640. The number of nitro benzene ring substituents is 1. The minimum absolute atomic E-state index is 0.0508. The molecule has 0 saturated heterocycles. The molecule has 2 aliphatic carbocycles. The molecule has 0 aliphatic heterocycles. The third-order valence-corrected chi connectivity index (χ3v) is 4.91. The van der Waals surface area contributed by atoms with Crippen LogP contribution in [-0.4, -0.2) is 36.1 Å². The maximum Gasteiger partial charge on any atom is 0.293 e. The molecular formula is C19H27N3O4. The van der Waals surface area contributed by atoms with E-state index in [9.17, 15) is 14.9 Å². The second-order valence-electron chi connectivity index (χ2n) is 7.15. The Morgan fingerprint density at radius 1 is 1.19 bits per heavy atom. The summed E-state index contributed by atoms with van der Waals surface area (Å²) in [5, 5.41) is 17.2. The molecule has 1 aromatic rings. The highest BCUT2D eigenvalue weighted by atomic mass is 16.6. The van der Waals surface area contributed by atoms with Gasteiger partial charge in [-0.3, -0.25) is 14.9 Å². The maximum atomic E-state index is 12.2. The number of carbonyl (C=O) groups excluding carboxylic acids is 1. The van der Waals surface area contributed by atoms with Gasteiger partial charge in [-0.05, 0) is 44.2 Å².